The molecule has 3 rings (SSSR count). The zero-order valence-corrected chi connectivity index (χ0v) is 16.0. The van der Waals surface area contributed by atoms with Gasteiger partial charge in [-0.05, 0) is 36.2 Å². The van der Waals surface area contributed by atoms with Gasteiger partial charge in [0, 0.05) is 6.07 Å². The van der Waals surface area contributed by atoms with Crippen molar-refractivity contribution in [1.82, 2.24) is 5.16 Å². The number of sulfonamides is 1. The van der Waals surface area contributed by atoms with Gasteiger partial charge in [-0.2, -0.15) is 0 Å². The molecule has 0 fully saturated rings. The van der Waals surface area contributed by atoms with E-state index in [9.17, 15) is 8.42 Å². The van der Waals surface area contributed by atoms with Gasteiger partial charge in [0.05, 0.1) is 19.8 Å². The van der Waals surface area contributed by atoms with Crippen LogP contribution in [0.25, 0.3) is 11.3 Å². The van der Waals surface area contributed by atoms with E-state index in [1.807, 2.05) is 25.1 Å². The molecule has 1 N–H and O–H groups in total. The van der Waals surface area contributed by atoms with Crippen LogP contribution in [0.15, 0.2) is 57.9 Å². The Kier molecular flexibility index (Phi) is 5.36. The average molecular weight is 388 g/mol. The lowest BCUT2D eigenvalue weighted by molar-refractivity contribution is 0.402. The number of hydrogen-bond donors (Lipinski definition) is 1. The fourth-order valence-electron chi connectivity index (χ4n) is 2.64. The topological polar surface area (TPSA) is 90.7 Å². The Morgan fingerprint density at radius 2 is 1.78 bits per heavy atom. The van der Waals surface area contributed by atoms with E-state index in [0.29, 0.717) is 23.5 Å². The van der Waals surface area contributed by atoms with Crippen LogP contribution in [-0.2, 0) is 16.4 Å². The summed E-state index contributed by atoms with van der Waals surface area (Å²) >= 11 is 0. The smallest absolute Gasteiger partial charge is 0.266 e. The summed E-state index contributed by atoms with van der Waals surface area (Å²) in [7, 11) is -0.928. The van der Waals surface area contributed by atoms with E-state index in [2.05, 4.69) is 9.88 Å². The largest absolute Gasteiger partial charge is 0.496 e. The molecule has 0 aliphatic rings. The van der Waals surface area contributed by atoms with Crippen LogP contribution >= 0.6 is 0 Å². The molecule has 0 spiro atoms. The molecular formula is C19H20N2O5S. The third kappa shape index (κ3) is 3.90. The Balaban J connectivity index is 1.93. The number of para-hydroxylation sites is 1. The van der Waals surface area contributed by atoms with Gasteiger partial charge < -0.3 is 14.0 Å². The second-order valence-corrected chi connectivity index (χ2v) is 7.37. The Bertz CT molecular complexity index is 1040. The molecule has 0 saturated heterocycles. The minimum Gasteiger partial charge on any atom is -0.496 e. The number of nitrogens with zero attached hydrogens (tertiary/aromatic N) is 1. The summed E-state index contributed by atoms with van der Waals surface area (Å²) in [5, 5.41) is 3.82. The number of methoxy groups -OCH3 is 2. The van der Waals surface area contributed by atoms with E-state index in [-0.39, 0.29) is 16.5 Å². The summed E-state index contributed by atoms with van der Waals surface area (Å²) in [6.07, 6.45) is 0.703. The van der Waals surface area contributed by atoms with E-state index in [4.69, 9.17) is 14.0 Å². The van der Waals surface area contributed by atoms with Crippen molar-refractivity contribution in [2.45, 2.75) is 18.2 Å². The summed E-state index contributed by atoms with van der Waals surface area (Å²) in [4.78, 5) is 0.0474. The van der Waals surface area contributed by atoms with Gasteiger partial charge >= 0.3 is 0 Å². The first-order chi connectivity index (χ1) is 13.0. The molecule has 142 valence electrons. The number of aromatic nitrogens is 1. The minimum absolute atomic E-state index is 0.0474. The van der Waals surface area contributed by atoms with E-state index >= 15 is 0 Å². The molecule has 27 heavy (non-hydrogen) atoms. The van der Waals surface area contributed by atoms with Crippen LogP contribution < -0.4 is 14.2 Å². The van der Waals surface area contributed by atoms with Crippen molar-refractivity contribution in [3.05, 3.63) is 54.1 Å². The van der Waals surface area contributed by atoms with Crippen molar-refractivity contribution >= 4 is 15.8 Å². The van der Waals surface area contributed by atoms with Gasteiger partial charge in [-0.15, -0.1) is 0 Å². The summed E-state index contributed by atoms with van der Waals surface area (Å²) < 4.78 is 43.9. The predicted octanol–water partition coefficient (Wildman–Crippen LogP) is 3.72. The first kappa shape index (κ1) is 18.8. The fourth-order valence-corrected chi connectivity index (χ4v) is 3.85. The summed E-state index contributed by atoms with van der Waals surface area (Å²) in [5.41, 5.74) is 1.55. The van der Waals surface area contributed by atoms with Gasteiger partial charge in [0.1, 0.15) is 16.4 Å². The highest BCUT2D eigenvalue weighted by atomic mass is 32.2. The van der Waals surface area contributed by atoms with Crippen LogP contribution in [0.5, 0.6) is 11.5 Å². The summed E-state index contributed by atoms with van der Waals surface area (Å²) in [6, 6.07) is 13.8. The predicted molar refractivity (Wildman–Crippen MR) is 102 cm³/mol. The van der Waals surface area contributed by atoms with E-state index in [1.54, 1.807) is 31.4 Å². The maximum absolute atomic E-state index is 12.8. The number of ether oxygens (including phenoxy) is 2. The normalized spacial score (nSPS) is 11.2. The molecule has 0 aliphatic heterocycles. The molecule has 8 heteroatoms. The number of hydrogen-bond acceptors (Lipinski definition) is 6. The molecule has 0 aliphatic carbocycles. The SMILES string of the molecule is CCc1ccc(OC)c(S(=O)(=O)Nc2cc(-c3ccccc3OC)on2)c1. The molecule has 0 radical (unpaired) electrons. The number of benzene rings is 2. The molecule has 0 unspecified atom stereocenters. The molecule has 1 heterocycles. The molecule has 2 aromatic carbocycles. The third-order valence-electron chi connectivity index (χ3n) is 4.05. The van der Waals surface area contributed by atoms with Crippen LogP contribution in [0, 0.1) is 0 Å². The standard InChI is InChI=1S/C19H20N2O5S/c1-4-13-9-10-16(25-3)18(11-13)27(22,23)21-19-12-17(26-20-19)14-7-5-6-8-15(14)24-2/h5-12H,4H2,1-3H3,(H,20,21). The monoisotopic (exact) mass is 388 g/mol. The minimum atomic E-state index is -3.90. The fraction of sp³-hybridized carbons (Fsp3) is 0.211. The Labute approximate surface area is 158 Å². The molecule has 3 aromatic rings. The van der Waals surface area contributed by atoms with E-state index in [1.165, 1.54) is 13.2 Å². The van der Waals surface area contributed by atoms with Crippen LogP contribution in [0.4, 0.5) is 5.82 Å². The van der Waals surface area contributed by atoms with Crippen molar-refractivity contribution in [2.75, 3.05) is 18.9 Å². The molecule has 0 bridgehead atoms. The van der Waals surface area contributed by atoms with Crippen LogP contribution in [0.2, 0.25) is 0 Å². The lowest BCUT2D eigenvalue weighted by Crippen LogP contribution is -2.14. The number of nitrogens with one attached hydrogen (secondary N) is 1. The summed E-state index contributed by atoms with van der Waals surface area (Å²) in [6.45, 7) is 1.95. The van der Waals surface area contributed by atoms with Crippen molar-refractivity contribution < 1.29 is 22.4 Å². The van der Waals surface area contributed by atoms with Crippen molar-refractivity contribution in [2.24, 2.45) is 0 Å². The maximum Gasteiger partial charge on any atom is 0.266 e. The van der Waals surface area contributed by atoms with Crippen molar-refractivity contribution in [3.8, 4) is 22.8 Å². The number of rotatable bonds is 7. The van der Waals surface area contributed by atoms with Gasteiger partial charge in [-0.25, -0.2) is 8.42 Å². The number of aryl methyl sites for hydroxylation is 1. The molecule has 7 nitrogen and oxygen atoms in total. The first-order valence-electron chi connectivity index (χ1n) is 8.28. The lowest BCUT2D eigenvalue weighted by Gasteiger charge is -2.11. The highest BCUT2D eigenvalue weighted by molar-refractivity contribution is 7.92. The highest BCUT2D eigenvalue weighted by Crippen LogP contribution is 2.32. The van der Waals surface area contributed by atoms with Crippen LogP contribution in [0.1, 0.15) is 12.5 Å². The molecule has 1 aromatic heterocycles. The molecule has 0 saturated carbocycles. The zero-order valence-electron chi connectivity index (χ0n) is 15.2. The third-order valence-corrected chi connectivity index (χ3v) is 5.42. The maximum atomic E-state index is 12.8. The van der Waals surface area contributed by atoms with Crippen molar-refractivity contribution in [1.29, 1.82) is 0 Å². The molecular weight excluding hydrogens is 368 g/mol. The van der Waals surface area contributed by atoms with Gasteiger partial charge in [0.25, 0.3) is 10.0 Å². The van der Waals surface area contributed by atoms with Crippen molar-refractivity contribution in [3.63, 3.8) is 0 Å². The van der Waals surface area contributed by atoms with E-state index < -0.39 is 10.0 Å². The summed E-state index contributed by atoms with van der Waals surface area (Å²) in [5.74, 6) is 1.31. The Morgan fingerprint density at radius 3 is 2.48 bits per heavy atom. The zero-order chi connectivity index (χ0) is 19.4. The van der Waals surface area contributed by atoms with Gasteiger partial charge in [-0.1, -0.05) is 30.3 Å². The van der Waals surface area contributed by atoms with Gasteiger partial charge in [0.15, 0.2) is 11.6 Å². The first-order valence-corrected chi connectivity index (χ1v) is 9.76. The Hall–Kier alpha value is -3.00. The highest BCUT2D eigenvalue weighted by Gasteiger charge is 2.22. The molecule has 0 atom stereocenters. The second-order valence-electron chi connectivity index (χ2n) is 5.72. The molecule has 0 amide bonds. The van der Waals surface area contributed by atoms with Gasteiger partial charge in [0.2, 0.25) is 0 Å². The average Bonchev–Trinajstić information content (AvgIpc) is 3.14. The lowest BCUT2D eigenvalue weighted by atomic mass is 10.1. The van der Waals surface area contributed by atoms with Crippen LogP contribution in [0.3, 0.4) is 0 Å². The second kappa shape index (κ2) is 7.71. The quantitative estimate of drug-likeness (QED) is 0.663. The van der Waals surface area contributed by atoms with Gasteiger partial charge in [-0.3, -0.25) is 4.72 Å². The van der Waals surface area contributed by atoms with E-state index in [0.717, 1.165) is 5.56 Å². The van der Waals surface area contributed by atoms with Crippen LogP contribution in [-0.4, -0.2) is 27.8 Å². The number of anilines is 1. The Morgan fingerprint density at radius 1 is 1.04 bits per heavy atom.